The Morgan fingerprint density at radius 1 is 2.00 bits per heavy atom. The molecule has 0 saturated carbocycles. The molecule has 0 amide bonds. The first-order chi connectivity index (χ1) is 2.27. The predicted molar refractivity (Wildman–Crippen MR) is 8.18 cm³/mol. The summed E-state index contributed by atoms with van der Waals surface area (Å²) in [5.74, 6) is 4.20. The first-order valence-electron chi connectivity index (χ1n) is 0.868. The van der Waals surface area contributed by atoms with Gasteiger partial charge in [0, 0.05) is 0 Å². The second kappa shape index (κ2) is 2.78. The van der Waals surface area contributed by atoms with Gasteiger partial charge in [-0.25, -0.2) is 0 Å². The van der Waals surface area contributed by atoms with Gasteiger partial charge in [-0.1, -0.05) is 0 Å². The topological polar surface area (TPSA) is 72.5 Å². The van der Waals surface area contributed by atoms with Crippen LogP contribution in [0.4, 0.5) is 0 Å². The van der Waals surface area contributed by atoms with Crippen molar-refractivity contribution >= 4 is 0 Å². The maximum absolute atomic E-state index is 9.30. The first kappa shape index (κ1) is 5.56. The zero-order valence-corrected chi connectivity index (χ0v) is 4.80. The van der Waals surface area contributed by atoms with E-state index in [4.69, 9.17) is 3.18 Å². The predicted octanol–water partition coefficient (Wildman–Crippen LogP) is -1.34. The van der Waals surface area contributed by atoms with E-state index in [9.17, 15) is 2.81 Å². The van der Waals surface area contributed by atoms with Crippen molar-refractivity contribution in [3.05, 3.63) is 0 Å². The Morgan fingerprint density at radius 2 is 2.20 bits per heavy atom. The van der Waals surface area contributed by atoms with Crippen molar-refractivity contribution in [3.63, 3.8) is 0 Å². The summed E-state index contributed by atoms with van der Waals surface area (Å²) < 4.78 is 20.4. The number of rotatable bonds is 1. The third kappa shape index (κ3) is 4.56. The SMILES string of the molecule is N[O][Zr](=[O])[OH]. The zero-order chi connectivity index (χ0) is 4.28. The van der Waals surface area contributed by atoms with Crippen LogP contribution < -0.4 is 5.90 Å². The molecular weight excluding hydrogens is 153 g/mol. The van der Waals surface area contributed by atoms with Gasteiger partial charge in [0.15, 0.2) is 0 Å². The fourth-order valence-corrected chi connectivity index (χ4v) is 0. The van der Waals surface area contributed by atoms with Crippen molar-refractivity contribution in [2.24, 2.45) is 5.90 Å². The molecule has 0 spiro atoms. The van der Waals surface area contributed by atoms with Gasteiger partial charge in [0.05, 0.1) is 0 Å². The van der Waals surface area contributed by atoms with Crippen LogP contribution in [-0.2, 0) is 28.4 Å². The van der Waals surface area contributed by atoms with Gasteiger partial charge in [0.1, 0.15) is 0 Å². The molecule has 3 N–H and O–H groups in total. The second-order valence-corrected chi connectivity index (χ2v) is 2.27. The Bertz CT molecular complexity index is 42.2. The van der Waals surface area contributed by atoms with Crippen molar-refractivity contribution in [3.8, 4) is 0 Å². The molecule has 30 valence electrons. The normalized spacial score (nSPS) is 7.60. The maximum atomic E-state index is 9.30. The van der Waals surface area contributed by atoms with E-state index >= 15 is 0 Å². The van der Waals surface area contributed by atoms with E-state index in [1.807, 2.05) is 0 Å². The molecule has 0 aliphatic heterocycles. The molecule has 0 aromatic rings. The molecule has 0 saturated heterocycles. The van der Waals surface area contributed by atoms with Gasteiger partial charge in [0.2, 0.25) is 0 Å². The van der Waals surface area contributed by atoms with Crippen molar-refractivity contribution < 1.29 is 31.5 Å². The van der Waals surface area contributed by atoms with Gasteiger partial charge in [0.25, 0.3) is 0 Å². The van der Waals surface area contributed by atoms with Crippen molar-refractivity contribution in [1.29, 1.82) is 0 Å². The first-order valence-corrected chi connectivity index (χ1v) is 3.97. The van der Waals surface area contributed by atoms with E-state index in [0.717, 1.165) is 0 Å². The van der Waals surface area contributed by atoms with Crippen LogP contribution >= 0.6 is 0 Å². The van der Waals surface area contributed by atoms with E-state index < -0.39 is 22.6 Å². The van der Waals surface area contributed by atoms with Gasteiger partial charge in [-0.3, -0.25) is 0 Å². The van der Waals surface area contributed by atoms with Crippen molar-refractivity contribution in [2.75, 3.05) is 0 Å². The Hall–Kier alpha value is 0.563. The molecule has 5 heavy (non-hydrogen) atoms. The third-order valence-electron chi connectivity index (χ3n) is 0.101. The molecule has 0 rings (SSSR count). The summed E-state index contributed by atoms with van der Waals surface area (Å²) in [4.78, 5) is 0. The van der Waals surface area contributed by atoms with Gasteiger partial charge in [-0.15, -0.1) is 0 Å². The number of hydrogen-bond acceptors (Lipinski definition) is 3. The summed E-state index contributed by atoms with van der Waals surface area (Å²) in [6.45, 7) is 0. The fourth-order valence-electron chi connectivity index (χ4n) is 0. The Labute approximate surface area is 37.9 Å². The summed E-state index contributed by atoms with van der Waals surface area (Å²) in [5.41, 5.74) is 0. The van der Waals surface area contributed by atoms with Gasteiger partial charge in [-0.2, -0.15) is 0 Å². The molecule has 0 aromatic carbocycles. The van der Waals surface area contributed by atoms with E-state index in [0.29, 0.717) is 0 Å². The Morgan fingerprint density at radius 3 is 2.20 bits per heavy atom. The average Bonchev–Trinajstić information content (AvgIpc) is 1.38. The van der Waals surface area contributed by atoms with Crippen LogP contribution in [0, 0.1) is 0 Å². The fraction of sp³-hybridized carbons (Fsp3) is 0. The molecule has 0 unspecified atom stereocenters. The number of nitrogens with two attached hydrogens (primary N) is 1. The van der Waals surface area contributed by atoms with E-state index in [2.05, 4.69) is 8.81 Å². The molecule has 0 heterocycles. The van der Waals surface area contributed by atoms with E-state index in [1.54, 1.807) is 0 Å². The van der Waals surface area contributed by atoms with Crippen molar-refractivity contribution in [1.82, 2.24) is 0 Å². The van der Waals surface area contributed by atoms with Crippen LogP contribution in [-0.4, -0.2) is 3.18 Å². The van der Waals surface area contributed by atoms with Gasteiger partial charge >= 0.3 is 37.4 Å². The summed E-state index contributed by atoms with van der Waals surface area (Å²) in [5, 5.41) is 0. The molecule has 0 fully saturated rings. The standard InChI is InChI=1S/H2NO.H2O.O.Zr/c1-2;;;/h1H2;1H2;;/q-1;;;+2/p-1. The Balaban J connectivity index is 2.85. The van der Waals surface area contributed by atoms with E-state index in [1.165, 1.54) is 0 Å². The zero-order valence-electron chi connectivity index (χ0n) is 2.34. The van der Waals surface area contributed by atoms with Crippen molar-refractivity contribution in [2.45, 2.75) is 0 Å². The van der Waals surface area contributed by atoms with E-state index in [-0.39, 0.29) is 0 Å². The second-order valence-electron chi connectivity index (χ2n) is 0.384. The minimum absolute atomic E-state index is 3.45. The Kier molecular flexibility index (Phi) is 3.10. The van der Waals surface area contributed by atoms with Crippen LogP contribution in [0.2, 0.25) is 0 Å². The molecule has 4 nitrogen and oxygen atoms in total. The molecule has 0 atom stereocenters. The molecular formula is H3NO3Zr. The quantitative estimate of drug-likeness (QED) is 0.461. The van der Waals surface area contributed by atoms with Gasteiger partial charge in [-0.05, 0) is 0 Å². The molecule has 0 aromatic heterocycles. The summed E-state index contributed by atoms with van der Waals surface area (Å²) in [6, 6.07) is 0. The third-order valence-corrected chi connectivity index (χ3v) is 0.596. The summed E-state index contributed by atoms with van der Waals surface area (Å²) in [6.07, 6.45) is 0. The van der Waals surface area contributed by atoms with Crippen LogP contribution in [0.5, 0.6) is 0 Å². The molecule has 0 aliphatic rings. The van der Waals surface area contributed by atoms with Crippen LogP contribution in [0.15, 0.2) is 0 Å². The molecule has 5 heteroatoms. The molecule has 0 radical (unpaired) electrons. The van der Waals surface area contributed by atoms with Crippen LogP contribution in [0.3, 0.4) is 0 Å². The van der Waals surface area contributed by atoms with Gasteiger partial charge < -0.3 is 0 Å². The number of hydrogen-bond donors (Lipinski definition) is 2. The van der Waals surface area contributed by atoms with Crippen LogP contribution in [0.1, 0.15) is 0 Å². The monoisotopic (exact) mass is 155 g/mol. The average molecular weight is 156 g/mol. The molecule has 0 aliphatic carbocycles. The summed E-state index contributed by atoms with van der Waals surface area (Å²) in [7, 11) is 0. The van der Waals surface area contributed by atoms with Crippen LogP contribution in [0.25, 0.3) is 0 Å². The summed E-state index contributed by atoms with van der Waals surface area (Å²) >= 11 is -3.55. The molecule has 0 bridgehead atoms. The minimum atomic E-state index is -3.55.